The summed E-state index contributed by atoms with van der Waals surface area (Å²) in [5.74, 6) is 0. The quantitative estimate of drug-likeness (QED) is 0.547. The van der Waals surface area contributed by atoms with Gasteiger partial charge in [-0.2, -0.15) is 0 Å². The molecule has 0 N–H and O–H groups in total. The van der Waals surface area contributed by atoms with E-state index in [-0.39, 0.29) is 2.45 Å². The Morgan fingerprint density at radius 2 is 1.23 bits per heavy atom. The second kappa shape index (κ2) is 3.93. The van der Waals surface area contributed by atoms with E-state index in [1.54, 1.807) is 0 Å². The Balaban J connectivity index is 3.31. The van der Waals surface area contributed by atoms with Gasteiger partial charge < -0.3 is 0 Å². The first-order chi connectivity index (χ1) is 5.83. The molecular weight excluding hydrogens is 429 g/mol. The molecular formula is C10H15Cl2U. The maximum absolute atomic E-state index is 6.27. The number of halogens is 2. The molecule has 1 aliphatic carbocycles. The van der Waals surface area contributed by atoms with Gasteiger partial charge >= 0.3 is 98.0 Å². The molecule has 1 aliphatic rings. The van der Waals surface area contributed by atoms with E-state index in [9.17, 15) is 0 Å². The molecule has 0 atom stereocenters. The number of allylic oxidation sites excluding steroid dienone is 4. The van der Waals surface area contributed by atoms with Crippen LogP contribution in [0.2, 0.25) is 2.45 Å². The van der Waals surface area contributed by atoms with E-state index in [1.807, 2.05) is 0 Å². The molecule has 0 nitrogen and oxygen atoms in total. The standard InChI is InChI=1S/C10H15.2ClH.U/c1-6-7(2)9(4)10(5)8(6)3;;;/h1-5H3;2*1H;/q;;;+2/p-2. The summed E-state index contributed by atoms with van der Waals surface area (Å²) in [6.45, 7) is 10.9. The van der Waals surface area contributed by atoms with Gasteiger partial charge in [0.1, 0.15) is 0 Å². The summed E-state index contributed by atoms with van der Waals surface area (Å²) < 4.78 is 0.0673. The monoisotopic (exact) mass is 443 g/mol. The van der Waals surface area contributed by atoms with Crippen LogP contribution in [-0.2, 0) is 0 Å². The van der Waals surface area contributed by atoms with Gasteiger partial charge in [-0.25, -0.2) is 0 Å². The van der Waals surface area contributed by atoms with Crippen molar-refractivity contribution in [2.75, 3.05) is 0 Å². The van der Waals surface area contributed by atoms with Crippen LogP contribution in [0.15, 0.2) is 22.3 Å². The fourth-order valence-electron chi connectivity index (χ4n) is 1.88. The summed E-state index contributed by atoms with van der Waals surface area (Å²) in [4.78, 5) is 0. The van der Waals surface area contributed by atoms with Crippen LogP contribution in [0, 0.1) is 23.4 Å². The first kappa shape index (κ1) is 12.2. The summed E-state index contributed by atoms with van der Waals surface area (Å²) in [7, 11) is 12.5. The minimum absolute atomic E-state index is 0.0673. The number of hydrogen-bond acceptors (Lipinski definition) is 0. The van der Waals surface area contributed by atoms with E-state index in [0.29, 0.717) is 0 Å². The average Bonchev–Trinajstić information content (AvgIpc) is 2.22. The molecule has 13 heavy (non-hydrogen) atoms. The van der Waals surface area contributed by atoms with Crippen LogP contribution in [0.5, 0.6) is 0 Å². The summed E-state index contributed by atoms with van der Waals surface area (Å²) in [6.07, 6.45) is 0. The second-order valence-corrected chi connectivity index (χ2v) is 19.1. The van der Waals surface area contributed by atoms with Crippen LogP contribution in [0.1, 0.15) is 34.6 Å². The van der Waals surface area contributed by atoms with Crippen molar-refractivity contribution in [3.63, 3.8) is 0 Å². The second-order valence-electron chi connectivity index (χ2n) is 3.89. The van der Waals surface area contributed by atoms with Gasteiger partial charge in [0.15, 0.2) is 0 Å². The molecule has 0 bridgehead atoms. The molecule has 1 rings (SSSR count). The Morgan fingerprint density at radius 3 is 1.38 bits per heavy atom. The molecule has 73 valence electrons. The third kappa shape index (κ3) is 1.67. The zero-order valence-electron chi connectivity index (χ0n) is 8.76. The van der Waals surface area contributed by atoms with Crippen LogP contribution in [0.3, 0.4) is 0 Å². The van der Waals surface area contributed by atoms with E-state index >= 15 is 0 Å². The van der Waals surface area contributed by atoms with Crippen molar-refractivity contribution < 1.29 is 23.4 Å². The van der Waals surface area contributed by atoms with E-state index in [1.165, 1.54) is 22.3 Å². The molecule has 3 heteroatoms. The van der Waals surface area contributed by atoms with E-state index in [0.717, 1.165) is 0 Å². The average molecular weight is 444 g/mol. The zero-order chi connectivity index (χ0) is 10.4. The molecule has 0 heterocycles. The molecule has 0 aromatic carbocycles. The SMILES string of the molecule is CC1=C(C)[C](C)([U]([Cl])[Cl])C(C)=C1C. The van der Waals surface area contributed by atoms with Crippen molar-refractivity contribution in [1.29, 1.82) is 0 Å². The number of hydrogen-bond donors (Lipinski definition) is 0. The molecule has 0 aliphatic heterocycles. The molecule has 0 aromatic rings. The normalized spacial score (nSPS) is 21.5. The van der Waals surface area contributed by atoms with Crippen LogP contribution >= 0.6 is 15.2 Å². The fourth-order valence-corrected chi connectivity index (χ4v) is 11.1. The summed E-state index contributed by atoms with van der Waals surface area (Å²) >= 11 is -2.51. The molecule has 0 radical (unpaired) electrons. The maximum atomic E-state index is 6.27. The predicted octanol–water partition coefficient (Wildman–Crippen LogP) is 4.78. The summed E-state index contributed by atoms with van der Waals surface area (Å²) in [5, 5.41) is 0. The Labute approximate surface area is 97.1 Å². The van der Waals surface area contributed by atoms with Crippen molar-refractivity contribution in [3.05, 3.63) is 22.3 Å². The van der Waals surface area contributed by atoms with E-state index in [2.05, 4.69) is 34.6 Å². The third-order valence-corrected chi connectivity index (χ3v) is 16.9. The molecule has 0 saturated heterocycles. The fraction of sp³-hybridized carbons (Fsp3) is 0.600. The van der Waals surface area contributed by atoms with Gasteiger partial charge in [0.25, 0.3) is 0 Å². The van der Waals surface area contributed by atoms with Gasteiger partial charge in [0.2, 0.25) is 0 Å². The first-order valence-corrected chi connectivity index (χ1v) is 16.7. The Morgan fingerprint density at radius 1 is 0.923 bits per heavy atom. The van der Waals surface area contributed by atoms with Crippen molar-refractivity contribution in [2.45, 2.75) is 37.1 Å². The van der Waals surface area contributed by atoms with Gasteiger partial charge in [-0.1, -0.05) is 0 Å². The Bertz CT molecular complexity index is 276. The van der Waals surface area contributed by atoms with Gasteiger partial charge in [-0.3, -0.25) is 0 Å². The van der Waals surface area contributed by atoms with Crippen LogP contribution in [-0.4, -0.2) is 0 Å². The van der Waals surface area contributed by atoms with Gasteiger partial charge in [-0.05, 0) is 0 Å². The minimum atomic E-state index is -2.51. The van der Waals surface area contributed by atoms with Crippen molar-refractivity contribution in [1.82, 2.24) is 0 Å². The van der Waals surface area contributed by atoms with Gasteiger partial charge in [-0.15, -0.1) is 0 Å². The van der Waals surface area contributed by atoms with E-state index < -0.39 is 23.4 Å². The molecule has 0 fully saturated rings. The Hall–Kier alpha value is 1.11. The van der Waals surface area contributed by atoms with E-state index in [4.69, 9.17) is 15.2 Å². The Kier molecular flexibility index (Phi) is 3.69. The van der Waals surface area contributed by atoms with Crippen LogP contribution in [0.4, 0.5) is 0 Å². The summed E-state index contributed by atoms with van der Waals surface area (Å²) in [6, 6.07) is 0. The van der Waals surface area contributed by atoms with Gasteiger partial charge in [0, 0.05) is 0 Å². The van der Waals surface area contributed by atoms with Crippen molar-refractivity contribution in [3.8, 4) is 0 Å². The third-order valence-electron chi connectivity index (χ3n) is 3.57. The van der Waals surface area contributed by atoms with Crippen molar-refractivity contribution >= 4 is 15.2 Å². The summed E-state index contributed by atoms with van der Waals surface area (Å²) in [5.41, 5.74) is 5.59. The van der Waals surface area contributed by atoms with Crippen molar-refractivity contribution in [2.24, 2.45) is 0 Å². The van der Waals surface area contributed by atoms with Crippen LogP contribution in [0.25, 0.3) is 0 Å². The zero-order valence-corrected chi connectivity index (χ0v) is 14.4. The molecule has 0 unspecified atom stereocenters. The predicted molar refractivity (Wildman–Crippen MR) is 56.8 cm³/mol. The molecule has 0 spiro atoms. The van der Waals surface area contributed by atoms with Gasteiger partial charge in [0.05, 0.1) is 0 Å². The molecule has 0 aromatic heterocycles. The molecule has 0 amide bonds. The number of rotatable bonds is 1. The molecule has 0 saturated carbocycles. The first-order valence-electron chi connectivity index (χ1n) is 4.38. The van der Waals surface area contributed by atoms with Crippen LogP contribution < -0.4 is 0 Å². The topological polar surface area (TPSA) is 0 Å².